The van der Waals surface area contributed by atoms with Crippen molar-refractivity contribution in [1.82, 2.24) is 4.90 Å². The standard InChI is InChI=1S/C19H28F5N3O2S/c20-16(21)8-26-14(7-15(25)19(22,23)24)17-12-5-11(6-13(12)17)27-3-1-18(2-4-27)9-30(28,29)10-18/h7,11-13,16-17,28-29H,1-6,8-10,25H2/b15-7-,26-14?/t11?,12-,13+,17?. The number of allylic oxidation sites excluding steroid dienone is 2. The van der Waals surface area contributed by atoms with Gasteiger partial charge in [-0.3, -0.25) is 14.1 Å². The van der Waals surface area contributed by atoms with Crippen molar-refractivity contribution in [3.63, 3.8) is 0 Å². The van der Waals surface area contributed by atoms with Crippen LogP contribution in [-0.4, -0.2) is 69.5 Å². The first-order valence-corrected chi connectivity index (χ1v) is 12.1. The van der Waals surface area contributed by atoms with Crippen LogP contribution in [0.3, 0.4) is 0 Å². The van der Waals surface area contributed by atoms with Crippen LogP contribution < -0.4 is 5.73 Å². The molecule has 30 heavy (non-hydrogen) atoms. The van der Waals surface area contributed by atoms with E-state index in [1.165, 1.54) is 0 Å². The highest BCUT2D eigenvalue weighted by Gasteiger charge is 2.59. The van der Waals surface area contributed by atoms with Gasteiger partial charge >= 0.3 is 6.18 Å². The van der Waals surface area contributed by atoms with Crippen molar-refractivity contribution in [2.75, 3.05) is 31.1 Å². The number of nitrogens with two attached hydrogens (primary N) is 1. The number of hydrogen-bond acceptors (Lipinski definition) is 5. The third-order valence-electron chi connectivity index (χ3n) is 7.25. The van der Waals surface area contributed by atoms with E-state index in [0.717, 1.165) is 44.8 Å². The van der Waals surface area contributed by atoms with E-state index in [1.807, 2.05) is 0 Å². The van der Waals surface area contributed by atoms with Crippen molar-refractivity contribution in [2.24, 2.45) is 33.9 Å². The molecule has 0 radical (unpaired) electrons. The molecule has 4 aliphatic rings. The largest absolute Gasteiger partial charge is 0.430 e. The second kappa shape index (κ2) is 7.60. The summed E-state index contributed by atoms with van der Waals surface area (Å²) in [7, 11) is -2.36. The zero-order valence-corrected chi connectivity index (χ0v) is 17.3. The maximum Gasteiger partial charge on any atom is 0.430 e. The molecule has 2 aliphatic carbocycles. The molecule has 0 aromatic rings. The van der Waals surface area contributed by atoms with Crippen molar-refractivity contribution >= 4 is 16.3 Å². The summed E-state index contributed by atoms with van der Waals surface area (Å²) in [5.41, 5.74) is 3.92. The van der Waals surface area contributed by atoms with Crippen LogP contribution in [0.25, 0.3) is 0 Å². The first-order chi connectivity index (χ1) is 13.9. The molecule has 172 valence electrons. The summed E-state index contributed by atoms with van der Waals surface area (Å²) in [6.07, 6.45) is -3.16. The summed E-state index contributed by atoms with van der Waals surface area (Å²) in [5, 5.41) is 0. The summed E-state index contributed by atoms with van der Waals surface area (Å²) in [5.74, 6) is 1.10. The van der Waals surface area contributed by atoms with Gasteiger partial charge in [0.25, 0.3) is 6.43 Å². The zero-order valence-electron chi connectivity index (χ0n) is 16.5. The number of hydrogen-bond donors (Lipinski definition) is 3. The fourth-order valence-electron chi connectivity index (χ4n) is 5.80. The predicted octanol–water partition coefficient (Wildman–Crippen LogP) is 3.97. The van der Waals surface area contributed by atoms with Gasteiger partial charge in [0, 0.05) is 34.6 Å². The highest BCUT2D eigenvalue weighted by Crippen LogP contribution is 2.64. The Labute approximate surface area is 173 Å². The van der Waals surface area contributed by atoms with E-state index in [4.69, 9.17) is 5.73 Å². The van der Waals surface area contributed by atoms with Gasteiger partial charge in [-0.25, -0.2) is 8.78 Å². The monoisotopic (exact) mass is 457 g/mol. The first-order valence-electron chi connectivity index (χ1n) is 10.2. The van der Waals surface area contributed by atoms with Crippen LogP contribution in [0, 0.1) is 23.2 Å². The van der Waals surface area contributed by atoms with Crippen molar-refractivity contribution in [2.45, 2.75) is 44.3 Å². The molecular formula is C19H28F5N3O2S. The predicted molar refractivity (Wildman–Crippen MR) is 106 cm³/mol. The van der Waals surface area contributed by atoms with Gasteiger partial charge < -0.3 is 10.6 Å². The molecule has 0 bridgehead atoms. The van der Waals surface area contributed by atoms with Gasteiger partial charge in [0.1, 0.15) is 12.2 Å². The molecule has 2 aliphatic heterocycles. The van der Waals surface area contributed by atoms with E-state index in [9.17, 15) is 31.1 Å². The average molecular weight is 458 g/mol. The topological polar surface area (TPSA) is 82.1 Å². The van der Waals surface area contributed by atoms with Gasteiger partial charge in [0.15, 0.2) is 0 Å². The minimum absolute atomic E-state index is 0.0517. The lowest BCUT2D eigenvalue weighted by Gasteiger charge is -2.59. The Morgan fingerprint density at radius 3 is 2.20 bits per heavy atom. The summed E-state index contributed by atoms with van der Waals surface area (Å²) in [6.45, 7) is 0.957. The van der Waals surface area contributed by atoms with Crippen molar-refractivity contribution < 1.29 is 31.1 Å². The lowest BCUT2D eigenvalue weighted by molar-refractivity contribution is -0.0925. The van der Waals surface area contributed by atoms with Gasteiger partial charge in [-0.15, -0.1) is 0 Å². The third kappa shape index (κ3) is 4.49. The maximum absolute atomic E-state index is 12.8. The van der Waals surface area contributed by atoms with E-state index in [0.29, 0.717) is 17.5 Å². The molecule has 4 fully saturated rings. The highest BCUT2D eigenvalue weighted by molar-refractivity contribution is 8.25. The lowest BCUT2D eigenvalue weighted by Crippen LogP contribution is -2.54. The second-order valence-electron chi connectivity index (χ2n) is 9.36. The van der Waals surface area contributed by atoms with Crippen molar-refractivity contribution in [3.8, 4) is 0 Å². The van der Waals surface area contributed by atoms with Gasteiger partial charge in [0.05, 0.1) is 0 Å². The smallest absolute Gasteiger partial charge is 0.395 e. The number of halogens is 5. The molecule has 0 amide bonds. The van der Waals surface area contributed by atoms with E-state index >= 15 is 0 Å². The Hall–Kier alpha value is -0.910. The van der Waals surface area contributed by atoms with Crippen LogP contribution >= 0.6 is 10.6 Å². The van der Waals surface area contributed by atoms with Crippen molar-refractivity contribution in [1.29, 1.82) is 0 Å². The molecule has 0 aromatic carbocycles. The Kier molecular flexibility index (Phi) is 5.64. The zero-order chi connectivity index (χ0) is 21.9. The normalized spacial score (nSPS) is 37.2. The van der Waals surface area contributed by atoms with Crippen LogP contribution in [0.4, 0.5) is 22.0 Å². The Morgan fingerprint density at radius 2 is 1.73 bits per heavy atom. The van der Waals surface area contributed by atoms with E-state index in [-0.39, 0.29) is 28.9 Å². The third-order valence-corrected chi connectivity index (χ3v) is 9.40. The SMILES string of the molecule is N/C(=C\C(=NCC(F)F)C1[C@H]2CC(N3CCC4(CC3)CS(O)(O)C4)C[C@@H]12)C(F)(F)F. The van der Waals surface area contributed by atoms with Gasteiger partial charge in [-0.05, 0) is 56.7 Å². The molecule has 4 atom stereocenters. The van der Waals surface area contributed by atoms with Crippen molar-refractivity contribution in [3.05, 3.63) is 11.8 Å². The molecule has 2 saturated heterocycles. The number of alkyl halides is 5. The van der Waals surface area contributed by atoms with Crippen LogP contribution in [0.5, 0.6) is 0 Å². The molecule has 0 aromatic heterocycles. The van der Waals surface area contributed by atoms with E-state index in [1.54, 1.807) is 0 Å². The number of nitrogens with zero attached hydrogens (tertiary/aromatic N) is 2. The van der Waals surface area contributed by atoms with E-state index in [2.05, 4.69) is 9.89 Å². The molecule has 11 heteroatoms. The quantitative estimate of drug-likeness (QED) is 0.431. The first kappa shape index (κ1) is 22.3. The molecule has 1 spiro atoms. The molecule has 2 heterocycles. The number of aliphatic imine (C=N–C) groups is 1. The Bertz CT molecular complexity index is 712. The molecule has 4 N–H and O–H groups in total. The van der Waals surface area contributed by atoms with Crippen LogP contribution in [-0.2, 0) is 0 Å². The molecule has 2 saturated carbocycles. The summed E-state index contributed by atoms with van der Waals surface area (Å²) < 4.78 is 82.9. The van der Waals surface area contributed by atoms with Crippen LogP contribution in [0.15, 0.2) is 16.8 Å². The fourth-order valence-corrected chi connectivity index (χ4v) is 8.26. The molecular weight excluding hydrogens is 429 g/mol. The van der Waals surface area contributed by atoms with E-state index < -0.39 is 35.4 Å². The Morgan fingerprint density at radius 1 is 1.17 bits per heavy atom. The summed E-state index contributed by atoms with van der Waals surface area (Å²) in [6, 6.07) is 0.342. The number of piperidine rings is 1. The van der Waals surface area contributed by atoms with Gasteiger partial charge in [0.2, 0.25) is 0 Å². The van der Waals surface area contributed by atoms with Crippen LogP contribution in [0.1, 0.15) is 25.7 Å². The minimum atomic E-state index is -4.70. The Balaban J connectivity index is 1.34. The minimum Gasteiger partial charge on any atom is -0.395 e. The summed E-state index contributed by atoms with van der Waals surface area (Å²) in [4.78, 5) is 6.16. The van der Waals surface area contributed by atoms with Gasteiger partial charge in [-0.1, -0.05) is 0 Å². The number of rotatable bonds is 5. The van der Waals surface area contributed by atoms with Gasteiger partial charge in [-0.2, -0.15) is 23.8 Å². The lowest BCUT2D eigenvalue weighted by atomic mass is 9.80. The number of fused-ring (bicyclic) bond motifs is 1. The number of likely N-dealkylation sites (tertiary alicyclic amines) is 1. The molecule has 4 rings (SSSR count). The highest BCUT2D eigenvalue weighted by atomic mass is 32.3. The fraction of sp³-hybridized carbons (Fsp3) is 0.842. The average Bonchev–Trinajstić information content (AvgIpc) is 3.09. The van der Waals surface area contributed by atoms with Crippen LogP contribution in [0.2, 0.25) is 0 Å². The maximum atomic E-state index is 12.8. The molecule has 5 nitrogen and oxygen atoms in total. The molecule has 2 unspecified atom stereocenters. The second-order valence-corrected chi connectivity index (χ2v) is 11.5. The summed E-state index contributed by atoms with van der Waals surface area (Å²) >= 11 is 0.